The Labute approximate surface area is 98.7 Å². The molecule has 0 unspecified atom stereocenters. The third-order valence-electron chi connectivity index (χ3n) is 2.28. The molecule has 0 atom stereocenters. The number of amides is 1. The van der Waals surface area contributed by atoms with E-state index >= 15 is 0 Å². The fourth-order valence-corrected chi connectivity index (χ4v) is 1.39. The van der Waals surface area contributed by atoms with E-state index in [-0.39, 0.29) is 11.9 Å². The van der Waals surface area contributed by atoms with E-state index in [0.29, 0.717) is 16.9 Å². The summed E-state index contributed by atoms with van der Waals surface area (Å²) in [6.45, 7) is 1.76. The molecular formula is C12H12N4O. The molecule has 0 radical (unpaired) electrons. The van der Waals surface area contributed by atoms with Crippen LogP contribution in [0.15, 0.2) is 36.5 Å². The monoisotopic (exact) mass is 228 g/mol. The Kier molecular flexibility index (Phi) is 3.00. The Hall–Kier alpha value is -2.43. The standard InChI is InChI=1S/C12H12N4O/c1-8-10(7-14-12(13)15-8)16-11(17)9-5-3-2-4-6-9/h2-7H,1H3,(H,16,17)(H2,13,14,15). The topological polar surface area (TPSA) is 80.9 Å². The summed E-state index contributed by atoms with van der Waals surface area (Å²) in [6.07, 6.45) is 1.50. The number of aromatic nitrogens is 2. The zero-order chi connectivity index (χ0) is 12.3. The Morgan fingerprint density at radius 1 is 1.29 bits per heavy atom. The van der Waals surface area contributed by atoms with Gasteiger partial charge in [-0.25, -0.2) is 9.97 Å². The molecule has 5 heteroatoms. The molecule has 86 valence electrons. The largest absolute Gasteiger partial charge is 0.368 e. The lowest BCUT2D eigenvalue weighted by atomic mass is 10.2. The first-order valence-corrected chi connectivity index (χ1v) is 5.12. The van der Waals surface area contributed by atoms with Crippen LogP contribution in [0.2, 0.25) is 0 Å². The third-order valence-corrected chi connectivity index (χ3v) is 2.28. The molecule has 5 nitrogen and oxygen atoms in total. The highest BCUT2D eigenvalue weighted by Crippen LogP contribution is 2.12. The van der Waals surface area contributed by atoms with E-state index in [4.69, 9.17) is 5.73 Å². The zero-order valence-corrected chi connectivity index (χ0v) is 9.34. The van der Waals surface area contributed by atoms with Crippen LogP contribution < -0.4 is 11.1 Å². The highest BCUT2D eigenvalue weighted by atomic mass is 16.1. The molecule has 0 aliphatic heterocycles. The van der Waals surface area contributed by atoms with Crippen molar-refractivity contribution in [3.8, 4) is 0 Å². The molecular weight excluding hydrogens is 216 g/mol. The summed E-state index contributed by atoms with van der Waals surface area (Å²) in [4.78, 5) is 19.7. The second-order valence-electron chi connectivity index (χ2n) is 3.55. The van der Waals surface area contributed by atoms with Crippen molar-refractivity contribution in [3.05, 3.63) is 47.8 Å². The number of carbonyl (C=O) groups excluding carboxylic acids is 1. The number of nitrogens with one attached hydrogen (secondary N) is 1. The highest BCUT2D eigenvalue weighted by molar-refractivity contribution is 6.04. The summed E-state index contributed by atoms with van der Waals surface area (Å²) in [5.41, 5.74) is 7.22. The van der Waals surface area contributed by atoms with Gasteiger partial charge in [-0.2, -0.15) is 0 Å². The van der Waals surface area contributed by atoms with Gasteiger partial charge < -0.3 is 11.1 Å². The average molecular weight is 228 g/mol. The lowest BCUT2D eigenvalue weighted by Gasteiger charge is -2.07. The lowest BCUT2D eigenvalue weighted by molar-refractivity contribution is 0.102. The summed E-state index contributed by atoms with van der Waals surface area (Å²) >= 11 is 0. The molecule has 0 aliphatic rings. The minimum absolute atomic E-state index is 0.193. The summed E-state index contributed by atoms with van der Waals surface area (Å²) in [6, 6.07) is 8.95. The normalized spacial score (nSPS) is 9.94. The van der Waals surface area contributed by atoms with E-state index < -0.39 is 0 Å². The van der Waals surface area contributed by atoms with Gasteiger partial charge in [0, 0.05) is 5.56 Å². The van der Waals surface area contributed by atoms with Gasteiger partial charge in [-0.3, -0.25) is 4.79 Å². The number of carbonyl (C=O) groups is 1. The van der Waals surface area contributed by atoms with Crippen LogP contribution in [0.3, 0.4) is 0 Å². The maximum atomic E-state index is 11.9. The fourth-order valence-electron chi connectivity index (χ4n) is 1.39. The summed E-state index contributed by atoms with van der Waals surface area (Å²) in [5.74, 6) is 0.00211. The molecule has 0 aliphatic carbocycles. The number of benzene rings is 1. The van der Waals surface area contributed by atoms with Crippen LogP contribution in [-0.4, -0.2) is 15.9 Å². The average Bonchev–Trinajstić information content (AvgIpc) is 2.34. The maximum absolute atomic E-state index is 11.9. The fraction of sp³-hybridized carbons (Fsp3) is 0.0833. The van der Waals surface area contributed by atoms with Crippen molar-refractivity contribution in [3.63, 3.8) is 0 Å². The smallest absolute Gasteiger partial charge is 0.255 e. The second kappa shape index (κ2) is 4.61. The molecule has 1 amide bonds. The molecule has 1 aromatic heterocycles. The number of anilines is 2. The van der Waals surface area contributed by atoms with Crippen molar-refractivity contribution in [2.24, 2.45) is 0 Å². The summed E-state index contributed by atoms with van der Waals surface area (Å²) in [5, 5.41) is 2.73. The number of rotatable bonds is 2. The second-order valence-corrected chi connectivity index (χ2v) is 3.55. The highest BCUT2D eigenvalue weighted by Gasteiger charge is 2.08. The van der Waals surface area contributed by atoms with Gasteiger partial charge in [-0.1, -0.05) is 18.2 Å². The lowest BCUT2D eigenvalue weighted by Crippen LogP contribution is -2.13. The van der Waals surface area contributed by atoms with E-state index in [2.05, 4.69) is 15.3 Å². The SMILES string of the molecule is Cc1nc(N)ncc1NC(=O)c1ccccc1. The van der Waals surface area contributed by atoms with Gasteiger partial charge in [-0.15, -0.1) is 0 Å². The molecule has 0 saturated heterocycles. The zero-order valence-electron chi connectivity index (χ0n) is 9.34. The number of nitrogen functional groups attached to an aromatic ring is 1. The molecule has 1 heterocycles. The van der Waals surface area contributed by atoms with Crippen molar-refractivity contribution in [2.75, 3.05) is 11.1 Å². The summed E-state index contributed by atoms with van der Waals surface area (Å²) < 4.78 is 0. The number of nitrogens with two attached hydrogens (primary N) is 1. The molecule has 0 bridgehead atoms. The van der Waals surface area contributed by atoms with E-state index in [1.807, 2.05) is 6.07 Å². The van der Waals surface area contributed by atoms with Crippen LogP contribution in [0.4, 0.5) is 11.6 Å². The van der Waals surface area contributed by atoms with Crippen LogP contribution in [0.5, 0.6) is 0 Å². The predicted molar refractivity (Wildman–Crippen MR) is 65.6 cm³/mol. The minimum atomic E-state index is -0.193. The van der Waals surface area contributed by atoms with Gasteiger partial charge in [0.25, 0.3) is 5.91 Å². The van der Waals surface area contributed by atoms with Gasteiger partial charge >= 0.3 is 0 Å². The molecule has 3 N–H and O–H groups in total. The van der Waals surface area contributed by atoms with Crippen molar-refractivity contribution in [1.29, 1.82) is 0 Å². The van der Waals surface area contributed by atoms with Gasteiger partial charge in [0.2, 0.25) is 5.95 Å². The van der Waals surface area contributed by atoms with E-state index in [1.165, 1.54) is 6.20 Å². The Morgan fingerprint density at radius 2 is 2.00 bits per heavy atom. The van der Waals surface area contributed by atoms with Gasteiger partial charge in [-0.05, 0) is 19.1 Å². The number of nitrogens with zero attached hydrogens (tertiary/aromatic N) is 2. The number of aryl methyl sites for hydroxylation is 1. The molecule has 1 aromatic carbocycles. The first kappa shape index (κ1) is 11.1. The molecule has 0 spiro atoms. The van der Waals surface area contributed by atoms with E-state index in [9.17, 15) is 4.79 Å². The minimum Gasteiger partial charge on any atom is -0.368 e. The van der Waals surface area contributed by atoms with Crippen LogP contribution >= 0.6 is 0 Å². The maximum Gasteiger partial charge on any atom is 0.255 e. The van der Waals surface area contributed by atoms with Crippen LogP contribution in [-0.2, 0) is 0 Å². The number of hydrogen-bond acceptors (Lipinski definition) is 4. The molecule has 2 aromatic rings. The van der Waals surface area contributed by atoms with E-state index in [1.54, 1.807) is 31.2 Å². The molecule has 0 saturated carbocycles. The quantitative estimate of drug-likeness (QED) is 0.818. The van der Waals surface area contributed by atoms with Crippen molar-refractivity contribution in [2.45, 2.75) is 6.92 Å². The van der Waals surface area contributed by atoms with Crippen molar-refractivity contribution < 1.29 is 4.79 Å². The van der Waals surface area contributed by atoms with Gasteiger partial charge in [0.05, 0.1) is 17.6 Å². The van der Waals surface area contributed by atoms with Crippen molar-refractivity contribution >= 4 is 17.5 Å². The first-order chi connectivity index (χ1) is 8.16. The first-order valence-electron chi connectivity index (χ1n) is 5.12. The Bertz CT molecular complexity index is 539. The van der Waals surface area contributed by atoms with Gasteiger partial charge in [0.1, 0.15) is 0 Å². The van der Waals surface area contributed by atoms with Crippen LogP contribution in [0, 0.1) is 6.92 Å². The van der Waals surface area contributed by atoms with E-state index in [0.717, 1.165) is 0 Å². The van der Waals surface area contributed by atoms with Crippen LogP contribution in [0.25, 0.3) is 0 Å². The molecule has 2 rings (SSSR count). The van der Waals surface area contributed by atoms with Gasteiger partial charge in [0.15, 0.2) is 0 Å². The molecule has 17 heavy (non-hydrogen) atoms. The Morgan fingerprint density at radius 3 is 2.65 bits per heavy atom. The Balaban J connectivity index is 2.19. The number of hydrogen-bond donors (Lipinski definition) is 2. The van der Waals surface area contributed by atoms with Crippen molar-refractivity contribution in [1.82, 2.24) is 9.97 Å². The third kappa shape index (κ3) is 2.57. The molecule has 0 fully saturated rings. The van der Waals surface area contributed by atoms with Crippen LogP contribution in [0.1, 0.15) is 16.1 Å². The summed E-state index contributed by atoms with van der Waals surface area (Å²) in [7, 11) is 0. The predicted octanol–water partition coefficient (Wildman–Crippen LogP) is 1.62.